The van der Waals surface area contributed by atoms with E-state index in [0.717, 1.165) is 11.3 Å². The van der Waals surface area contributed by atoms with Crippen LogP contribution in [0.25, 0.3) is 0 Å². The van der Waals surface area contributed by atoms with Gasteiger partial charge in [0, 0.05) is 0 Å². The van der Waals surface area contributed by atoms with Gasteiger partial charge in [0.2, 0.25) is 11.8 Å². The summed E-state index contributed by atoms with van der Waals surface area (Å²) in [5.41, 5.74) is 6.28. The normalized spacial score (nSPS) is 11.9. The number of nitrogens with zero attached hydrogens (tertiary/aromatic N) is 2. The molecule has 7 heteroatoms. The highest BCUT2D eigenvalue weighted by Gasteiger charge is 2.15. The Morgan fingerprint density at radius 1 is 1.53 bits per heavy atom. The summed E-state index contributed by atoms with van der Waals surface area (Å²) in [5, 5.41) is 8.86. The lowest BCUT2D eigenvalue weighted by molar-refractivity contribution is 0.0930. The van der Waals surface area contributed by atoms with Crippen LogP contribution in [-0.2, 0) is 0 Å². The minimum Gasteiger partial charge on any atom is -0.497 e. The molecule has 0 saturated carbocycles. The van der Waals surface area contributed by atoms with E-state index in [4.69, 9.17) is 10.5 Å². The lowest BCUT2D eigenvalue weighted by Gasteiger charge is -2.14. The standard InChI is InChI=1S/C12H15N5O2/c1-7(8-4-3-5-9(6-8)19-2)14-11(18)10-15-12(13)17-16-10/h3-7H,1-2H3,(H,14,18)(H3,13,15,16,17). The van der Waals surface area contributed by atoms with E-state index in [1.165, 1.54) is 0 Å². The zero-order valence-electron chi connectivity index (χ0n) is 10.7. The van der Waals surface area contributed by atoms with Gasteiger partial charge in [-0.3, -0.25) is 9.89 Å². The highest BCUT2D eigenvalue weighted by Crippen LogP contribution is 2.18. The van der Waals surface area contributed by atoms with Crippen molar-refractivity contribution in [2.75, 3.05) is 12.8 Å². The Labute approximate surface area is 110 Å². The van der Waals surface area contributed by atoms with Crippen LogP contribution in [0, 0.1) is 0 Å². The van der Waals surface area contributed by atoms with Crippen molar-refractivity contribution < 1.29 is 9.53 Å². The minimum atomic E-state index is -0.362. The van der Waals surface area contributed by atoms with E-state index in [-0.39, 0.29) is 23.7 Å². The van der Waals surface area contributed by atoms with E-state index in [0.29, 0.717) is 0 Å². The summed E-state index contributed by atoms with van der Waals surface area (Å²) in [6.45, 7) is 1.87. The number of aromatic nitrogens is 3. The Morgan fingerprint density at radius 3 is 2.95 bits per heavy atom. The molecule has 0 saturated heterocycles. The van der Waals surface area contributed by atoms with Crippen LogP contribution >= 0.6 is 0 Å². The van der Waals surface area contributed by atoms with Crippen molar-refractivity contribution in [1.29, 1.82) is 0 Å². The van der Waals surface area contributed by atoms with Gasteiger partial charge in [0.05, 0.1) is 13.2 Å². The van der Waals surface area contributed by atoms with E-state index < -0.39 is 0 Å². The number of ether oxygens (including phenoxy) is 1. The summed E-state index contributed by atoms with van der Waals surface area (Å²) in [5.74, 6) is 0.508. The second kappa shape index (κ2) is 5.38. The van der Waals surface area contributed by atoms with Crippen molar-refractivity contribution in [3.8, 4) is 5.75 Å². The minimum absolute atomic E-state index is 0.0409. The van der Waals surface area contributed by atoms with Gasteiger partial charge >= 0.3 is 0 Å². The van der Waals surface area contributed by atoms with Gasteiger partial charge in [-0.2, -0.15) is 4.98 Å². The van der Waals surface area contributed by atoms with Gasteiger partial charge in [0.1, 0.15) is 5.75 Å². The summed E-state index contributed by atoms with van der Waals surface area (Å²) >= 11 is 0. The molecular weight excluding hydrogens is 246 g/mol. The number of anilines is 1. The fraction of sp³-hybridized carbons (Fsp3) is 0.250. The number of hydrogen-bond donors (Lipinski definition) is 3. The zero-order valence-corrected chi connectivity index (χ0v) is 10.7. The van der Waals surface area contributed by atoms with Gasteiger partial charge in [-0.25, -0.2) is 0 Å². The van der Waals surface area contributed by atoms with Gasteiger partial charge in [-0.15, -0.1) is 5.10 Å². The third-order valence-electron chi connectivity index (χ3n) is 2.66. The summed E-state index contributed by atoms with van der Waals surface area (Å²) in [6.07, 6.45) is 0. The van der Waals surface area contributed by atoms with Crippen molar-refractivity contribution in [2.45, 2.75) is 13.0 Å². The molecule has 0 aliphatic heterocycles. The highest BCUT2D eigenvalue weighted by molar-refractivity contribution is 5.90. The van der Waals surface area contributed by atoms with Gasteiger partial charge in [-0.1, -0.05) is 12.1 Å². The number of nitrogens with one attached hydrogen (secondary N) is 2. The van der Waals surface area contributed by atoms with Crippen LogP contribution in [-0.4, -0.2) is 28.2 Å². The Hall–Kier alpha value is -2.57. The quantitative estimate of drug-likeness (QED) is 0.757. The molecule has 19 heavy (non-hydrogen) atoms. The maximum absolute atomic E-state index is 11.9. The van der Waals surface area contributed by atoms with Crippen molar-refractivity contribution in [3.63, 3.8) is 0 Å². The highest BCUT2D eigenvalue weighted by atomic mass is 16.5. The summed E-state index contributed by atoms with van der Waals surface area (Å²) < 4.78 is 5.14. The molecule has 1 aromatic heterocycles. The zero-order chi connectivity index (χ0) is 13.8. The first-order valence-corrected chi connectivity index (χ1v) is 5.73. The molecule has 100 valence electrons. The van der Waals surface area contributed by atoms with Crippen molar-refractivity contribution >= 4 is 11.9 Å². The number of carbonyl (C=O) groups excluding carboxylic acids is 1. The van der Waals surface area contributed by atoms with Gasteiger partial charge in [-0.05, 0) is 24.6 Å². The molecule has 0 fully saturated rings. The average molecular weight is 261 g/mol. The molecule has 1 atom stereocenters. The van der Waals surface area contributed by atoms with Crippen LogP contribution in [0.15, 0.2) is 24.3 Å². The molecule has 1 heterocycles. The monoisotopic (exact) mass is 261 g/mol. The first kappa shape index (κ1) is 12.9. The molecule has 1 aromatic carbocycles. The second-order valence-corrected chi connectivity index (χ2v) is 4.01. The summed E-state index contributed by atoms with van der Waals surface area (Å²) in [4.78, 5) is 15.6. The van der Waals surface area contributed by atoms with E-state index in [1.807, 2.05) is 31.2 Å². The van der Waals surface area contributed by atoms with Crippen LogP contribution in [0.4, 0.5) is 5.95 Å². The van der Waals surface area contributed by atoms with Gasteiger partial charge in [0.25, 0.3) is 5.91 Å². The van der Waals surface area contributed by atoms with E-state index in [1.54, 1.807) is 7.11 Å². The Balaban J connectivity index is 2.08. The molecule has 2 rings (SSSR count). The number of nitrogens with two attached hydrogens (primary N) is 1. The Morgan fingerprint density at radius 2 is 2.32 bits per heavy atom. The van der Waals surface area contributed by atoms with Crippen LogP contribution in [0.1, 0.15) is 29.1 Å². The lowest BCUT2D eigenvalue weighted by Crippen LogP contribution is -2.27. The molecule has 2 aromatic rings. The molecule has 0 aliphatic rings. The fourth-order valence-corrected chi connectivity index (χ4v) is 1.64. The van der Waals surface area contributed by atoms with Crippen LogP contribution in [0.3, 0.4) is 0 Å². The van der Waals surface area contributed by atoms with Crippen LogP contribution < -0.4 is 15.8 Å². The maximum Gasteiger partial charge on any atom is 0.289 e. The Bertz CT molecular complexity index is 581. The van der Waals surface area contributed by atoms with E-state index in [2.05, 4.69) is 20.5 Å². The van der Waals surface area contributed by atoms with Crippen LogP contribution in [0.2, 0.25) is 0 Å². The number of hydrogen-bond acceptors (Lipinski definition) is 5. The number of H-pyrrole nitrogens is 1. The predicted molar refractivity (Wildman–Crippen MR) is 69.7 cm³/mol. The number of nitrogen functional groups attached to an aromatic ring is 1. The molecule has 1 unspecified atom stereocenters. The SMILES string of the molecule is COc1cccc(C(C)NC(=O)c2nc(N)n[nH]2)c1. The molecule has 0 bridgehead atoms. The van der Waals surface area contributed by atoms with Crippen molar-refractivity contribution in [1.82, 2.24) is 20.5 Å². The number of benzene rings is 1. The summed E-state index contributed by atoms with van der Waals surface area (Å²) in [7, 11) is 1.60. The number of amides is 1. The predicted octanol–water partition coefficient (Wildman–Crippen LogP) is 0.886. The number of aromatic amines is 1. The first-order valence-electron chi connectivity index (χ1n) is 5.73. The third kappa shape index (κ3) is 3.01. The molecule has 4 N–H and O–H groups in total. The first-order chi connectivity index (χ1) is 9.10. The van der Waals surface area contributed by atoms with Gasteiger partial charge < -0.3 is 15.8 Å². The third-order valence-corrected chi connectivity index (χ3v) is 2.66. The lowest BCUT2D eigenvalue weighted by atomic mass is 10.1. The maximum atomic E-state index is 11.9. The number of methoxy groups -OCH3 is 1. The van der Waals surface area contributed by atoms with E-state index in [9.17, 15) is 4.79 Å². The smallest absolute Gasteiger partial charge is 0.289 e. The molecule has 1 amide bonds. The van der Waals surface area contributed by atoms with Gasteiger partial charge in [0.15, 0.2) is 0 Å². The van der Waals surface area contributed by atoms with Crippen molar-refractivity contribution in [3.05, 3.63) is 35.7 Å². The molecular formula is C12H15N5O2. The fourth-order valence-electron chi connectivity index (χ4n) is 1.64. The number of rotatable bonds is 4. The Kier molecular flexibility index (Phi) is 3.65. The van der Waals surface area contributed by atoms with E-state index >= 15 is 0 Å². The largest absolute Gasteiger partial charge is 0.497 e. The molecule has 0 aliphatic carbocycles. The topological polar surface area (TPSA) is 106 Å². The molecule has 0 radical (unpaired) electrons. The van der Waals surface area contributed by atoms with Crippen molar-refractivity contribution in [2.24, 2.45) is 0 Å². The average Bonchev–Trinajstić information content (AvgIpc) is 2.85. The summed E-state index contributed by atoms with van der Waals surface area (Å²) in [6, 6.07) is 7.29. The second-order valence-electron chi connectivity index (χ2n) is 4.01. The molecule has 7 nitrogen and oxygen atoms in total. The van der Waals surface area contributed by atoms with Crippen LogP contribution in [0.5, 0.6) is 5.75 Å². The molecule has 0 spiro atoms. The number of carbonyl (C=O) groups is 1.